The highest BCUT2D eigenvalue weighted by molar-refractivity contribution is 8.00. The molecule has 4 aliphatic rings. The van der Waals surface area contributed by atoms with Crippen LogP contribution in [0, 0.1) is 0 Å². The lowest BCUT2D eigenvalue weighted by molar-refractivity contribution is -0.132. The van der Waals surface area contributed by atoms with Gasteiger partial charge in [0.25, 0.3) is 11.8 Å². The molecular weight excluding hydrogens is 961 g/mol. The van der Waals surface area contributed by atoms with Crippen molar-refractivity contribution in [3.63, 3.8) is 0 Å². The lowest BCUT2D eigenvalue weighted by Gasteiger charge is -2.35. The van der Waals surface area contributed by atoms with E-state index in [1.54, 1.807) is 51.1 Å². The molecule has 6 rings (SSSR count). The van der Waals surface area contributed by atoms with Crippen molar-refractivity contribution < 1.29 is 52.5 Å². The third kappa shape index (κ3) is 18.6. The monoisotopic (exact) mass is 1030 g/mol. The molecule has 4 saturated heterocycles. The molecule has 8 amide bonds. The van der Waals surface area contributed by atoms with E-state index in [-0.39, 0.29) is 72.2 Å². The molecule has 22 heteroatoms. The van der Waals surface area contributed by atoms with Gasteiger partial charge in [0.2, 0.25) is 23.6 Å². The molecule has 1 aromatic carbocycles. The molecule has 0 saturated carbocycles. The fraction of sp³-hybridized carbons (Fsp3) is 0.608. The maximum Gasteiger partial charge on any atom is 0.315 e. The normalized spacial score (nSPS) is 18.7. The third-order valence-corrected chi connectivity index (χ3v) is 14.8. The number of nitrogens with one attached hydrogen (secondary N) is 5. The summed E-state index contributed by atoms with van der Waals surface area (Å²) in [6.07, 6.45) is 7.91. The number of nitrogens with zero attached hydrogens (tertiary/aromatic N) is 4. The Morgan fingerprint density at radius 3 is 2.03 bits per heavy atom. The summed E-state index contributed by atoms with van der Waals surface area (Å²) in [6.45, 7) is 10.5. The van der Waals surface area contributed by atoms with Crippen LogP contribution in [-0.2, 0) is 38.1 Å². The van der Waals surface area contributed by atoms with Crippen molar-refractivity contribution in [2.24, 2.45) is 5.73 Å². The van der Waals surface area contributed by atoms with E-state index in [0.717, 1.165) is 43.6 Å². The van der Waals surface area contributed by atoms with Crippen molar-refractivity contribution in [2.75, 3.05) is 116 Å². The number of amides is 8. The number of ether oxygens (including phenoxy) is 4. The number of piperidine rings is 1. The second-order valence-corrected chi connectivity index (χ2v) is 19.7. The van der Waals surface area contributed by atoms with Gasteiger partial charge < -0.3 is 66.0 Å². The predicted octanol–water partition coefficient (Wildman–Crippen LogP) is 2.69. The first kappa shape index (κ1) is 56.5. The number of thioether (sulfide) groups is 1. The van der Waals surface area contributed by atoms with Gasteiger partial charge in [-0.3, -0.25) is 28.8 Å². The second-order valence-electron chi connectivity index (χ2n) is 18.4. The highest BCUT2D eigenvalue weighted by atomic mass is 32.2. The van der Waals surface area contributed by atoms with Crippen LogP contribution in [0.25, 0.3) is 0 Å². The molecule has 0 radical (unpaired) electrons. The van der Waals surface area contributed by atoms with Crippen molar-refractivity contribution in [3.05, 3.63) is 65.9 Å². The van der Waals surface area contributed by atoms with E-state index in [2.05, 4.69) is 33.2 Å². The van der Waals surface area contributed by atoms with Gasteiger partial charge in [0.05, 0.1) is 70.5 Å². The van der Waals surface area contributed by atoms with Crippen LogP contribution < -0.4 is 32.3 Å². The van der Waals surface area contributed by atoms with Crippen LogP contribution in [0.4, 0.5) is 16.3 Å². The minimum atomic E-state index is -0.618. The molecule has 0 aliphatic carbocycles. The van der Waals surface area contributed by atoms with Crippen LogP contribution in [0.15, 0.2) is 49.1 Å². The fourth-order valence-corrected chi connectivity index (χ4v) is 10.7. The maximum atomic E-state index is 13.4. The van der Waals surface area contributed by atoms with E-state index in [1.807, 2.05) is 11.8 Å². The summed E-state index contributed by atoms with van der Waals surface area (Å²) in [4.78, 5) is 96.5. The number of carbonyl (C=O) groups is 7. The zero-order chi connectivity index (χ0) is 51.8. The number of nitrogens with two attached hydrogens (primary N) is 1. The molecule has 73 heavy (non-hydrogen) atoms. The summed E-state index contributed by atoms with van der Waals surface area (Å²) >= 11 is 1.89. The number of benzene rings is 1. The number of rotatable bonds is 31. The quantitative estimate of drug-likeness (QED) is 0.0361. The van der Waals surface area contributed by atoms with E-state index in [1.165, 1.54) is 6.08 Å². The highest BCUT2D eigenvalue weighted by Gasteiger charge is 2.42. The van der Waals surface area contributed by atoms with Crippen LogP contribution in [-0.4, -0.2) is 189 Å². The van der Waals surface area contributed by atoms with Crippen LogP contribution in [0.5, 0.6) is 0 Å². The number of fused-ring (bicyclic) bond motifs is 1. The van der Waals surface area contributed by atoms with Crippen LogP contribution in [0.3, 0.4) is 0 Å². The Kier molecular flexibility index (Phi) is 23.5. The summed E-state index contributed by atoms with van der Waals surface area (Å²) in [5, 5.41) is 15.3. The van der Waals surface area contributed by atoms with Crippen molar-refractivity contribution >= 4 is 64.7 Å². The number of anilines is 2. The van der Waals surface area contributed by atoms with Crippen LogP contribution >= 0.6 is 11.8 Å². The number of unbranched alkanes of at least 4 members (excludes halogenated alkanes) is 2. The van der Waals surface area contributed by atoms with E-state index < -0.39 is 5.91 Å². The average molecular weight is 1040 g/mol. The predicted molar refractivity (Wildman–Crippen MR) is 275 cm³/mol. The molecule has 5 heterocycles. The topological polar surface area (TPSA) is 265 Å². The van der Waals surface area contributed by atoms with Crippen molar-refractivity contribution in [1.82, 2.24) is 41.0 Å². The Hall–Kier alpha value is -5.81. The van der Waals surface area contributed by atoms with Gasteiger partial charge >= 0.3 is 6.03 Å². The average Bonchev–Trinajstić information content (AvgIpc) is 3.97. The molecule has 0 bridgehead atoms. The van der Waals surface area contributed by atoms with Gasteiger partial charge in [0, 0.05) is 105 Å². The van der Waals surface area contributed by atoms with E-state index >= 15 is 0 Å². The number of pyridine rings is 1. The number of hydrogen-bond donors (Lipinski definition) is 6. The smallest absolute Gasteiger partial charge is 0.315 e. The summed E-state index contributed by atoms with van der Waals surface area (Å²) < 4.78 is 22.1. The first-order chi connectivity index (χ1) is 35.5. The number of carbonyl (C=O) groups excluding carboxylic acids is 7. The van der Waals surface area contributed by atoms with E-state index in [9.17, 15) is 33.6 Å². The lowest BCUT2D eigenvalue weighted by Crippen LogP contribution is -2.50. The van der Waals surface area contributed by atoms with Gasteiger partial charge in [-0.25, -0.2) is 9.78 Å². The molecule has 3 unspecified atom stereocenters. The maximum absolute atomic E-state index is 13.4. The number of piperazine rings is 1. The summed E-state index contributed by atoms with van der Waals surface area (Å²) in [5.74, 6) is 0.461. The molecule has 1 aromatic heterocycles. The Balaban J connectivity index is 0.709. The minimum absolute atomic E-state index is 0.0180. The molecule has 400 valence electrons. The molecule has 0 spiro atoms. The standard InChI is InChI=1S/C51H74N10O11S/c1-2-45(64)59-21-16-36(17-22-59)40-15-14-39(48(52)66)49(56-40)55-38-12-10-37(11-13-38)50(67)61-25-23-60(24-26-61)46(65)9-5-6-19-53-44(63)18-27-69-29-31-71-33-34-72-32-30-70-28-20-54-43(62)8-4-3-7-42-47-41(35-73-42)57-51(68)58-47/h2,10-15,36,41-42,47H,1,3-9,16-35H2,(H2,52,66)(H,53,63)(H,54,62)(H,55,56)(H2,57,58,68). The zero-order valence-electron chi connectivity index (χ0n) is 41.9. The zero-order valence-corrected chi connectivity index (χ0v) is 42.7. The van der Waals surface area contributed by atoms with Gasteiger partial charge in [0.15, 0.2) is 0 Å². The van der Waals surface area contributed by atoms with Gasteiger partial charge in [0.1, 0.15) is 5.82 Å². The summed E-state index contributed by atoms with van der Waals surface area (Å²) in [5.41, 5.74) is 7.84. The summed E-state index contributed by atoms with van der Waals surface area (Å²) in [7, 11) is 0. The van der Waals surface area contributed by atoms with E-state index in [0.29, 0.717) is 147 Å². The van der Waals surface area contributed by atoms with Gasteiger partial charge in [-0.05, 0) is 81.0 Å². The van der Waals surface area contributed by atoms with Gasteiger partial charge in [-0.1, -0.05) is 13.0 Å². The lowest BCUT2D eigenvalue weighted by atomic mass is 9.92. The van der Waals surface area contributed by atoms with Gasteiger partial charge in [-0.2, -0.15) is 11.8 Å². The number of aromatic nitrogens is 1. The minimum Gasteiger partial charge on any atom is -0.379 e. The highest BCUT2D eigenvalue weighted by Crippen LogP contribution is 2.33. The molecule has 4 fully saturated rings. The largest absolute Gasteiger partial charge is 0.379 e. The first-order valence-corrected chi connectivity index (χ1v) is 26.7. The van der Waals surface area contributed by atoms with E-state index in [4.69, 9.17) is 29.7 Å². The van der Waals surface area contributed by atoms with Crippen molar-refractivity contribution in [1.29, 1.82) is 0 Å². The second kappa shape index (κ2) is 30.4. The number of hydrogen-bond acceptors (Lipinski definition) is 14. The van der Waals surface area contributed by atoms with Crippen LogP contribution in [0.1, 0.15) is 96.5 Å². The molecule has 4 aliphatic heterocycles. The first-order valence-electron chi connectivity index (χ1n) is 25.7. The Labute approximate surface area is 432 Å². The molecule has 21 nitrogen and oxygen atoms in total. The Bertz CT molecular complexity index is 2150. The fourth-order valence-electron chi connectivity index (χ4n) is 9.12. The van der Waals surface area contributed by atoms with Crippen molar-refractivity contribution in [2.45, 2.75) is 87.5 Å². The molecule has 3 atom stereocenters. The van der Waals surface area contributed by atoms with Crippen LogP contribution in [0.2, 0.25) is 0 Å². The third-order valence-electron chi connectivity index (χ3n) is 13.3. The molecular formula is C51H74N10O11S. The summed E-state index contributed by atoms with van der Waals surface area (Å²) in [6, 6.07) is 10.7. The number of likely N-dealkylation sites (tertiary alicyclic amines) is 1. The number of primary amides is 1. The van der Waals surface area contributed by atoms with Crippen molar-refractivity contribution in [3.8, 4) is 0 Å². The van der Waals surface area contributed by atoms with Gasteiger partial charge in [-0.15, -0.1) is 0 Å². The Morgan fingerprint density at radius 2 is 1.34 bits per heavy atom. The number of urea groups is 1. The molecule has 2 aromatic rings. The molecule has 7 N–H and O–H groups in total. The Morgan fingerprint density at radius 1 is 0.712 bits per heavy atom. The SMILES string of the molecule is C=CC(=O)N1CCC(c2ccc(C(N)=O)c(Nc3ccc(C(=O)N4CCN(C(=O)CCCCNC(=O)CCOCCOCCOCCOCCNC(=O)CCCCC5SCC6NC(=O)NC65)CC4)cc3)n2)CC1.